The number of nitrogens with one attached hydrogen (secondary N) is 1. The van der Waals surface area contributed by atoms with E-state index in [0.29, 0.717) is 17.1 Å². The first kappa shape index (κ1) is 15.0. The van der Waals surface area contributed by atoms with Crippen LogP contribution in [0.15, 0.2) is 46.9 Å². The van der Waals surface area contributed by atoms with Gasteiger partial charge in [0.15, 0.2) is 5.76 Å². The molecule has 0 aliphatic carbocycles. The molecule has 0 spiro atoms. The molecule has 2 heterocycles. The zero-order valence-electron chi connectivity index (χ0n) is 12.8. The van der Waals surface area contributed by atoms with Gasteiger partial charge in [0.2, 0.25) is 0 Å². The Kier molecular flexibility index (Phi) is 3.97. The van der Waals surface area contributed by atoms with Gasteiger partial charge < -0.3 is 9.73 Å². The zero-order valence-corrected chi connectivity index (χ0v) is 12.8. The molecule has 0 bridgehead atoms. The number of furan rings is 1. The fourth-order valence-corrected chi connectivity index (χ4v) is 2.26. The number of hydrogen-bond donors (Lipinski definition) is 1. The average Bonchev–Trinajstić information content (AvgIpc) is 3.15. The lowest BCUT2D eigenvalue weighted by atomic mass is 10.1. The summed E-state index contributed by atoms with van der Waals surface area (Å²) in [4.78, 5) is 12.3. The Morgan fingerprint density at radius 1 is 1.30 bits per heavy atom. The highest BCUT2D eigenvalue weighted by Gasteiger charge is 2.16. The predicted octanol–water partition coefficient (Wildman–Crippen LogP) is 3.63. The van der Waals surface area contributed by atoms with Crippen LogP contribution in [0.3, 0.4) is 0 Å². The lowest BCUT2D eigenvalue weighted by Gasteiger charge is -2.03. The van der Waals surface area contributed by atoms with Crippen molar-refractivity contribution in [2.24, 2.45) is 7.05 Å². The molecule has 0 aliphatic rings. The van der Waals surface area contributed by atoms with Gasteiger partial charge in [0, 0.05) is 13.1 Å². The standard InChI is InChI=1S/C17H16FN3O2/c1-3-11-10-16(21(2)20-11)19-17(22)15-9-8-14(23-15)12-6-4-5-7-13(12)18/h4-10H,3H2,1-2H3,(H,19,22). The molecular formula is C17H16FN3O2. The smallest absolute Gasteiger partial charge is 0.292 e. The van der Waals surface area contributed by atoms with Crippen molar-refractivity contribution in [3.05, 3.63) is 59.7 Å². The molecule has 0 saturated heterocycles. The van der Waals surface area contributed by atoms with Gasteiger partial charge in [-0.1, -0.05) is 19.1 Å². The number of carbonyl (C=O) groups is 1. The second kappa shape index (κ2) is 6.08. The van der Waals surface area contributed by atoms with Gasteiger partial charge in [-0.05, 0) is 30.7 Å². The van der Waals surface area contributed by atoms with Crippen LogP contribution in [0.2, 0.25) is 0 Å². The molecule has 0 saturated carbocycles. The van der Waals surface area contributed by atoms with Crippen LogP contribution >= 0.6 is 0 Å². The van der Waals surface area contributed by atoms with Gasteiger partial charge in [-0.2, -0.15) is 5.10 Å². The number of anilines is 1. The summed E-state index contributed by atoms with van der Waals surface area (Å²) in [6.45, 7) is 1.99. The molecule has 5 nitrogen and oxygen atoms in total. The number of rotatable bonds is 4. The SMILES string of the molecule is CCc1cc(NC(=O)c2ccc(-c3ccccc3F)o2)n(C)n1. The van der Waals surface area contributed by atoms with E-state index >= 15 is 0 Å². The lowest BCUT2D eigenvalue weighted by Crippen LogP contribution is -2.13. The van der Waals surface area contributed by atoms with Gasteiger partial charge in [-0.25, -0.2) is 4.39 Å². The van der Waals surface area contributed by atoms with E-state index in [9.17, 15) is 9.18 Å². The molecule has 0 unspecified atom stereocenters. The Morgan fingerprint density at radius 2 is 2.09 bits per heavy atom. The van der Waals surface area contributed by atoms with E-state index in [0.717, 1.165) is 12.1 Å². The number of nitrogens with zero attached hydrogens (tertiary/aromatic N) is 2. The van der Waals surface area contributed by atoms with E-state index in [1.165, 1.54) is 12.1 Å². The number of hydrogen-bond acceptors (Lipinski definition) is 3. The number of halogens is 1. The maximum absolute atomic E-state index is 13.8. The average molecular weight is 313 g/mol. The van der Waals surface area contributed by atoms with Crippen molar-refractivity contribution >= 4 is 11.7 Å². The third-order valence-electron chi connectivity index (χ3n) is 3.50. The summed E-state index contributed by atoms with van der Waals surface area (Å²) in [6, 6.07) is 11.2. The van der Waals surface area contributed by atoms with Crippen LogP contribution in [-0.4, -0.2) is 15.7 Å². The first-order chi connectivity index (χ1) is 11.1. The second-order valence-corrected chi connectivity index (χ2v) is 5.10. The van der Waals surface area contributed by atoms with Crippen LogP contribution in [0.25, 0.3) is 11.3 Å². The van der Waals surface area contributed by atoms with E-state index in [4.69, 9.17) is 4.42 Å². The van der Waals surface area contributed by atoms with E-state index in [1.807, 2.05) is 6.92 Å². The lowest BCUT2D eigenvalue weighted by molar-refractivity contribution is 0.0996. The van der Waals surface area contributed by atoms with E-state index < -0.39 is 11.7 Å². The Labute approximate surface area is 132 Å². The molecule has 3 aromatic rings. The van der Waals surface area contributed by atoms with Crippen molar-refractivity contribution in [3.63, 3.8) is 0 Å². The summed E-state index contributed by atoms with van der Waals surface area (Å²) in [6.07, 6.45) is 0.780. The minimum absolute atomic E-state index is 0.113. The first-order valence-electron chi connectivity index (χ1n) is 7.27. The number of carbonyl (C=O) groups excluding carboxylic acids is 1. The predicted molar refractivity (Wildman–Crippen MR) is 84.6 cm³/mol. The van der Waals surface area contributed by atoms with E-state index in [1.54, 1.807) is 42.1 Å². The summed E-state index contributed by atoms with van der Waals surface area (Å²) in [5.74, 6) is 0.206. The van der Waals surface area contributed by atoms with Crippen LogP contribution < -0.4 is 5.32 Å². The van der Waals surface area contributed by atoms with Gasteiger partial charge in [-0.3, -0.25) is 9.48 Å². The van der Waals surface area contributed by atoms with Gasteiger partial charge in [0.05, 0.1) is 11.3 Å². The molecule has 1 N–H and O–H groups in total. The molecule has 0 fully saturated rings. The normalized spacial score (nSPS) is 10.7. The zero-order chi connectivity index (χ0) is 16.4. The maximum Gasteiger partial charge on any atom is 0.292 e. The topological polar surface area (TPSA) is 60.1 Å². The Hall–Kier alpha value is -2.89. The van der Waals surface area contributed by atoms with E-state index in [-0.39, 0.29) is 5.76 Å². The molecule has 23 heavy (non-hydrogen) atoms. The molecule has 1 amide bonds. The van der Waals surface area contributed by atoms with Crippen molar-refractivity contribution in [2.45, 2.75) is 13.3 Å². The van der Waals surface area contributed by atoms with Crippen LogP contribution in [0.4, 0.5) is 10.2 Å². The summed E-state index contributed by atoms with van der Waals surface area (Å²) >= 11 is 0. The molecule has 1 aromatic carbocycles. The monoisotopic (exact) mass is 313 g/mol. The fourth-order valence-electron chi connectivity index (χ4n) is 2.26. The van der Waals surface area contributed by atoms with Gasteiger partial charge in [-0.15, -0.1) is 0 Å². The molecule has 0 radical (unpaired) electrons. The van der Waals surface area contributed by atoms with Crippen LogP contribution in [0.1, 0.15) is 23.2 Å². The highest BCUT2D eigenvalue weighted by atomic mass is 19.1. The van der Waals surface area contributed by atoms with Crippen molar-refractivity contribution < 1.29 is 13.6 Å². The molecule has 2 aromatic heterocycles. The third kappa shape index (κ3) is 3.01. The molecule has 0 aliphatic heterocycles. The quantitative estimate of drug-likeness (QED) is 0.800. The Morgan fingerprint density at radius 3 is 2.78 bits per heavy atom. The van der Waals surface area contributed by atoms with Gasteiger partial charge in [0.1, 0.15) is 17.4 Å². The second-order valence-electron chi connectivity index (χ2n) is 5.10. The van der Waals surface area contributed by atoms with Crippen molar-refractivity contribution in [1.29, 1.82) is 0 Å². The largest absolute Gasteiger partial charge is 0.451 e. The molecule has 6 heteroatoms. The molecule has 118 valence electrons. The highest BCUT2D eigenvalue weighted by molar-refractivity contribution is 6.02. The third-order valence-corrected chi connectivity index (χ3v) is 3.50. The minimum Gasteiger partial charge on any atom is -0.451 e. The first-order valence-corrected chi connectivity index (χ1v) is 7.27. The number of aromatic nitrogens is 2. The van der Waals surface area contributed by atoms with Crippen molar-refractivity contribution in [2.75, 3.05) is 5.32 Å². The summed E-state index contributed by atoms with van der Waals surface area (Å²) in [5.41, 5.74) is 1.20. The summed E-state index contributed by atoms with van der Waals surface area (Å²) in [5, 5.41) is 7.00. The highest BCUT2D eigenvalue weighted by Crippen LogP contribution is 2.25. The summed E-state index contributed by atoms with van der Waals surface area (Å²) in [7, 11) is 1.75. The molecular weight excluding hydrogens is 297 g/mol. The van der Waals surface area contributed by atoms with Gasteiger partial charge in [0.25, 0.3) is 5.91 Å². The summed E-state index contributed by atoms with van der Waals surface area (Å²) < 4.78 is 20.8. The minimum atomic E-state index is -0.404. The van der Waals surface area contributed by atoms with Crippen LogP contribution in [0.5, 0.6) is 0 Å². The van der Waals surface area contributed by atoms with Crippen LogP contribution in [0, 0.1) is 5.82 Å². The molecule has 3 rings (SSSR count). The number of amides is 1. The molecule has 0 atom stereocenters. The maximum atomic E-state index is 13.8. The number of benzene rings is 1. The Balaban J connectivity index is 1.81. The van der Waals surface area contributed by atoms with Gasteiger partial charge >= 0.3 is 0 Å². The van der Waals surface area contributed by atoms with E-state index in [2.05, 4.69) is 10.4 Å². The number of aryl methyl sites for hydroxylation is 2. The van der Waals surface area contributed by atoms with Crippen LogP contribution in [-0.2, 0) is 13.5 Å². The Bertz CT molecular complexity index is 851. The van der Waals surface area contributed by atoms with Crippen molar-refractivity contribution in [3.8, 4) is 11.3 Å². The van der Waals surface area contributed by atoms with Crippen molar-refractivity contribution in [1.82, 2.24) is 9.78 Å². The fraction of sp³-hybridized carbons (Fsp3) is 0.176.